The summed E-state index contributed by atoms with van der Waals surface area (Å²) in [7, 11) is 0. The molecule has 0 saturated heterocycles. The van der Waals surface area contributed by atoms with Crippen LogP contribution in [0, 0.1) is 13.8 Å². The first-order chi connectivity index (χ1) is 15.6. The Hall–Kier alpha value is -3.77. The van der Waals surface area contributed by atoms with E-state index in [2.05, 4.69) is 22.8 Å². The van der Waals surface area contributed by atoms with Gasteiger partial charge in [-0.25, -0.2) is 9.78 Å². The largest absolute Gasteiger partial charge is 0.321 e. The monoisotopic (exact) mass is 438 g/mol. The number of nitrogens with one attached hydrogen (secondary N) is 2. The van der Waals surface area contributed by atoms with Gasteiger partial charge in [0.15, 0.2) is 6.17 Å². The lowest BCUT2D eigenvalue weighted by Gasteiger charge is -2.15. The van der Waals surface area contributed by atoms with E-state index in [-0.39, 0.29) is 6.03 Å². The molecule has 1 aromatic heterocycles. The van der Waals surface area contributed by atoms with Crippen molar-refractivity contribution in [2.45, 2.75) is 20.0 Å². The molecule has 2 amide bonds. The van der Waals surface area contributed by atoms with Crippen LogP contribution in [0.5, 0.6) is 0 Å². The Morgan fingerprint density at radius 1 is 0.906 bits per heavy atom. The summed E-state index contributed by atoms with van der Waals surface area (Å²) in [5, 5.41) is 6.93. The summed E-state index contributed by atoms with van der Waals surface area (Å²) in [5.41, 5.74) is 6.57. The highest BCUT2D eigenvalue weighted by Crippen LogP contribution is 2.39. The summed E-state index contributed by atoms with van der Waals surface area (Å²) in [6.45, 7) is 3.97. The molecule has 3 aromatic carbocycles. The molecule has 0 saturated carbocycles. The molecule has 0 unspecified atom stereocenters. The van der Waals surface area contributed by atoms with Crippen molar-refractivity contribution < 1.29 is 4.79 Å². The second kappa shape index (κ2) is 8.40. The Balaban J connectivity index is 1.58. The zero-order valence-corrected chi connectivity index (χ0v) is 18.6. The number of carbonyl (C=O) groups is 1. The number of carbonyl (C=O) groups excluding carboxylic acids is 1. The Morgan fingerprint density at radius 3 is 2.44 bits per heavy atom. The summed E-state index contributed by atoms with van der Waals surface area (Å²) < 4.78 is 0. The average Bonchev–Trinajstić information content (AvgIpc) is 3.13. The van der Waals surface area contributed by atoms with Crippen molar-refractivity contribution in [1.82, 2.24) is 10.3 Å². The number of nitrogens with zero attached hydrogens (tertiary/aromatic N) is 2. The Morgan fingerprint density at radius 2 is 1.66 bits per heavy atom. The number of anilines is 1. The van der Waals surface area contributed by atoms with E-state index in [9.17, 15) is 4.79 Å². The number of aryl methyl sites for hydroxylation is 2. The molecule has 1 atom stereocenters. The SMILES string of the molecule is Cc1cccc(NC(=O)N[C@@H]2N=C(c3ccccc3)c3ccccc3-c3nc(C)sc32)c1. The highest BCUT2D eigenvalue weighted by Gasteiger charge is 2.28. The highest BCUT2D eigenvalue weighted by molar-refractivity contribution is 7.12. The minimum Gasteiger partial charge on any atom is -0.311 e. The topological polar surface area (TPSA) is 66.4 Å². The third-order valence-corrected chi connectivity index (χ3v) is 6.32. The second-order valence-electron chi connectivity index (χ2n) is 7.71. The summed E-state index contributed by atoms with van der Waals surface area (Å²) in [5.74, 6) is 0. The Bertz CT molecular complexity index is 1330. The smallest absolute Gasteiger partial charge is 0.311 e. The van der Waals surface area contributed by atoms with Crippen LogP contribution in [-0.4, -0.2) is 16.7 Å². The second-order valence-corrected chi connectivity index (χ2v) is 8.94. The Labute approximate surface area is 190 Å². The maximum atomic E-state index is 12.9. The third-order valence-electron chi connectivity index (χ3n) is 5.30. The molecular weight excluding hydrogens is 416 g/mol. The van der Waals surface area contributed by atoms with Crippen molar-refractivity contribution in [2.75, 3.05) is 5.32 Å². The number of rotatable bonds is 3. The molecule has 0 radical (unpaired) electrons. The van der Waals surface area contributed by atoms with Crippen molar-refractivity contribution in [3.8, 4) is 11.3 Å². The standard InChI is InChI=1S/C26H22N4OS/c1-16-9-8-12-19(15-16)28-26(31)30-25-24-23(27-17(2)32-24)21-14-7-6-13-20(21)22(29-25)18-10-4-3-5-11-18/h3-15,25H,1-2H3,(H2,28,30,31)/t25-/m0/s1. The molecule has 32 heavy (non-hydrogen) atoms. The molecule has 5 nitrogen and oxygen atoms in total. The molecular formula is C26H22N4OS. The van der Waals surface area contributed by atoms with Crippen molar-refractivity contribution in [2.24, 2.45) is 4.99 Å². The number of aliphatic imine (C=N–C) groups is 1. The first-order valence-electron chi connectivity index (χ1n) is 10.4. The van der Waals surface area contributed by atoms with E-state index in [0.29, 0.717) is 0 Å². The van der Waals surface area contributed by atoms with Crippen LogP contribution in [0.1, 0.15) is 32.7 Å². The number of hydrogen-bond donors (Lipinski definition) is 2. The highest BCUT2D eigenvalue weighted by atomic mass is 32.1. The molecule has 5 rings (SSSR count). The van der Waals surface area contributed by atoms with E-state index in [1.807, 2.05) is 80.6 Å². The lowest BCUT2D eigenvalue weighted by atomic mass is 9.96. The van der Waals surface area contributed by atoms with Gasteiger partial charge in [-0.1, -0.05) is 66.7 Å². The summed E-state index contributed by atoms with van der Waals surface area (Å²) in [6, 6.07) is 25.6. The van der Waals surface area contributed by atoms with Crippen LogP contribution in [0.25, 0.3) is 11.3 Å². The zero-order chi connectivity index (χ0) is 22.1. The van der Waals surface area contributed by atoms with E-state index >= 15 is 0 Å². The summed E-state index contributed by atoms with van der Waals surface area (Å²) in [4.78, 5) is 23.7. The number of urea groups is 1. The first-order valence-corrected chi connectivity index (χ1v) is 11.2. The maximum absolute atomic E-state index is 12.9. The van der Waals surface area contributed by atoms with Crippen molar-refractivity contribution in [1.29, 1.82) is 0 Å². The molecule has 2 N–H and O–H groups in total. The molecule has 2 heterocycles. The minimum atomic E-state index is -0.552. The molecule has 158 valence electrons. The quantitative estimate of drug-likeness (QED) is 0.406. The fourth-order valence-corrected chi connectivity index (χ4v) is 4.84. The summed E-state index contributed by atoms with van der Waals surface area (Å²) in [6.07, 6.45) is -0.552. The van der Waals surface area contributed by atoms with Crippen LogP contribution in [0.2, 0.25) is 0 Å². The van der Waals surface area contributed by atoms with E-state index in [1.165, 1.54) is 0 Å². The molecule has 6 heteroatoms. The van der Waals surface area contributed by atoms with Gasteiger partial charge in [-0.05, 0) is 31.5 Å². The van der Waals surface area contributed by atoms with Crippen molar-refractivity contribution in [3.05, 3.63) is 105 Å². The predicted octanol–water partition coefficient (Wildman–Crippen LogP) is 6.10. The average molecular weight is 439 g/mol. The van der Waals surface area contributed by atoms with Crippen molar-refractivity contribution >= 4 is 28.8 Å². The molecule has 0 fully saturated rings. The van der Waals surface area contributed by atoms with Crippen molar-refractivity contribution in [3.63, 3.8) is 0 Å². The van der Waals surface area contributed by atoms with Crippen LogP contribution in [-0.2, 0) is 0 Å². The number of hydrogen-bond acceptors (Lipinski definition) is 4. The van der Waals surface area contributed by atoms with Crippen LogP contribution in [0.4, 0.5) is 10.5 Å². The third kappa shape index (κ3) is 3.92. The molecule has 0 bridgehead atoms. The fourth-order valence-electron chi connectivity index (χ4n) is 3.91. The summed E-state index contributed by atoms with van der Waals surface area (Å²) >= 11 is 1.56. The minimum absolute atomic E-state index is 0.306. The molecule has 1 aliphatic rings. The van der Waals surface area contributed by atoms with Gasteiger partial charge in [-0.3, -0.25) is 4.99 Å². The fraction of sp³-hybridized carbons (Fsp3) is 0.115. The predicted molar refractivity (Wildman–Crippen MR) is 130 cm³/mol. The van der Waals surface area contributed by atoms with Gasteiger partial charge in [0.1, 0.15) is 0 Å². The number of thiazole rings is 1. The van der Waals surface area contributed by atoms with Gasteiger partial charge in [0.25, 0.3) is 0 Å². The first kappa shape index (κ1) is 20.2. The van der Waals surface area contributed by atoms with Gasteiger partial charge in [-0.15, -0.1) is 11.3 Å². The van der Waals surface area contributed by atoms with Gasteiger partial charge in [-0.2, -0.15) is 0 Å². The van der Waals surface area contributed by atoms with E-state index in [0.717, 1.165) is 49.2 Å². The van der Waals surface area contributed by atoms with Gasteiger partial charge >= 0.3 is 6.03 Å². The molecule has 4 aromatic rings. The molecule has 0 aliphatic carbocycles. The Kier molecular flexibility index (Phi) is 5.29. The van der Waals surface area contributed by atoms with E-state index in [1.54, 1.807) is 11.3 Å². The molecule has 1 aliphatic heterocycles. The normalized spacial score (nSPS) is 14.6. The van der Waals surface area contributed by atoms with Gasteiger partial charge in [0.05, 0.1) is 21.3 Å². The van der Waals surface area contributed by atoms with Crippen LogP contribution in [0.3, 0.4) is 0 Å². The number of amides is 2. The van der Waals surface area contributed by atoms with Crippen LogP contribution in [0.15, 0.2) is 83.9 Å². The number of fused-ring (bicyclic) bond motifs is 3. The zero-order valence-electron chi connectivity index (χ0n) is 17.8. The molecule has 0 spiro atoms. The lowest BCUT2D eigenvalue weighted by molar-refractivity contribution is 0.249. The van der Waals surface area contributed by atoms with Crippen LogP contribution < -0.4 is 10.6 Å². The van der Waals surface area contributed by atoms with Gasteiger partial charge < -0.3 is 10.6 Å². The lowest BCUT2D eigenvalue weighted by Crippen LogP contribution is -2.32. The number of benzene rings is 3. The van der Waals surface area contributed by atoms with Gasteiger partial charge in [0, 0.05) is 22.4 Å². The number of aromatic nitrogens is 1. The van der Waals surface area contributed by atoms with E-state index in [4.69, 9.17) is 9.98 Å². The maximum Gasteiger partial charge on any atom is 0.321 e. The van der Waals surface area contributed by atoms with Gasteiger partial charge in [0.2, 0.25) is 0 Å². The van der Waals surface area contributed by atoms with E-state index < -0.39 is 6.17 Å². The van der Waals surface area contributed by atoms with Crippen LogP contribution >= 0.6 is 11.3 Å².